The summed E-state index contributed by atoms with van der Waals surface area (Å²) in [5.41, 5.74) is 1.85. The van der Waals surface area contributed by atoms with E-state index in [9.17, 15) is 4.39 Å². The van der Waals surface area contributed by atoms with Gasteiger partial charge in [-0.15, -0.1) is 0 Å². The molecular formula is C17H28FNO. The number of ether oxygens (including phenoxy) is 1. The number of halogens is 1. The molecule has 1 unspecified atom stereocenters. The lowest BCUT2D eigenvalue weighted by Crippen LogP contribution is -2.45. The maximum Gasteiger partial charge on any atom is 0.123 e. The average molecular weight is 281 g/mol. The van der Waals surface area contributed by atoms with E-state index in [4.69, 9.17) is 4.74 Å². The second-order valence-corrected chi connectivity index (χ2v) is 5.36. The van der Waals surface area contributed by atoms with Crippen LogP contribution in [0.5, 0.6) is 0 Å². The molecule has 0 amide bonds. The van der Waals surface area contributed by atoms with E-state index in [0.717, 1.165) is 36.9 Å². The summed E-state index contributed by atoms with van der Waals surface area (Å²) in [6.07, 6.45) is 2.89. The van der Waals surface area contributed by atoms with Crippen LogP contribution in [0.15, 0.2) is 18.2 Å². The summed E-state index contributed by atoms with van der Waals surface area (Å²) < 4.78 is 19.2. The number of aryl methyl sites for hydroxylation is 1. The fourth-order valence-electron chi connectivity index (χ4n) is 2.90. The molecule has 0 heterocycles. The van der Waals surface area contributed by atoms with Gasteiger partial charge in [-0.2, -0.15) is 0 Å². The normalized spacial score (nSPS) is 13.5. The molecule has 1 rings (SSSR count). The summed E-state index contributed by atoms with van der Waals surface area (Å²) in [5.74, 6) is -0.184. The van der Waals surface area contributed by atoms with Crippen molar-refractivity contribution in [2.24, 2.45) is 0 Å². The van der Waals surface area contributed by atoms with Crippen LogP contribution < -0.4 is 5.32 Å². The van der Waals surface area contributed by atoms with Crippen molar-refractivity contribution in [1.82, 2.24) is 5.32 Å². The summed E-state index contributed by atoms with van der Waals surface area (Å²) in [4.78, 5) is 0. The maximum absolute atomic E-state index is 13.4. The molecule has 2 nitrogen and oxygen atoms in total. The smallest absolute Gasteiger partial charge is 0.123 e. The van der Waals surface area contributed by atoms with Gasteiger partial charge in [-0.05, 0) is 56.0 Å². The van der Waals surface area contributed by atoms with Crippen molar-refractivity contribution in [3.8, 4) is 0 Å². The maximum atomic E-state index is 13.4. The predicted octanol–water partition coefficient (Wildman–Crippen LogP) is 4.38. The zero-order valence-corrected chi connectivity index (χ0v) is 13.4. The van der Waals surface area contributed by atoms with Gasteiger partial charge in [0.1, 0.15) is 5.82 Å². The molecule has 3 heteroatoms. The van der Waals surface area contributed by atoms with Crippen LogP contribution in [0.25, 0.3) is 0 Å². The average Bonchev–Trinajstić information content (AvgIpc) is 2.45. The monoisotopic (exact) mass is 281 g/mol. The highest BCUT2D eigenvalue weighted by Gasteiger charge is 2.37. The van der Waals surface area contributed by atoms with Crippen molar-refractivity contribution < 1.29 is 9.13 Å². The summed E-state index contributed by atoms with van der Waals surface area (Å²) in [7, 11) is 1.77. The van der Waals surface area contributed by atoms with Crippen molar-refractivity contribution in [3.05, 3.63) is 35.1 Å². The van der Waals surface area contributed by atoms with E-state index in [1.54, 1.807) is 13.2 Å². The van der Waals surface area contributed by atoms with Gasteiger partial charge in [-0.1, -0.05) is 26.8 Å². The lowest BCUT2D eigenvalue weighted by molar-refractivity contribution is -0.0487. The Morgan fingerprint density at radius 3 is 2.35 bits per heavy atom. The number of methoxy groups -OCH3 is 1. The van der Waals surface area contributed by atoms with Crippen LogP contribution in [0.4, 0.5) is 4.39 Å². The van der Waals surface area contributed by atoms with Gasteiger partial charge in [-0.3, -0.25) is 0 Å². The zero-order valence-electron chi connectivity index (χ0n) is 13.4. The van der Waals surface area contributed by atoms with Crippen LogP contribution in [0.1, 0.15) is 57.2 Å². The molecule has 0 fully saturated rings. The summed E-state index contributed by atoms with van der Waals surface area (Å²) in [6, 6.07) is 5.11. The summed E-state index contributed by atoms with van der Waals surface area (Å²) in [5, 5.41) is 3.59. The molecule has 0 saturated carbocycles. The predicted molar refractivity (Wildman–Crippen MR) is 82.5 cm³/mol. The van der Waals surface area contributed by atoms with Gasteiger partial charge in [0.15, 0.2) is 0 Å². The minimum atomic E-state index is -0.252. The van der Waals surface area contributed by atoms with Crippen molar-refractivity contribution in [3.63, 3.8) is 0 Å². The molecule has 1 atom stereocenters. The van der Waals surface area contributed by atoms with E-state index in [1.165, 1.54) is 6.07 Å². The van der Waals surface area contributed by atoms with Gasteiger partial charge in [0, 0.05) is 7.11 Å². The number of rotatable bonds is 8. The van der Waals surface area contributed by atoms with Crippen LogP contribution in [-0.4, -0.2) is 19.3 Å². The molecule has 0 aliphatic carbocycles. The third-order valence-electron chi connectivity index (χ3n) is 4.27. The molecule has 20 heavy (non-hydrogen) atoms. The molecule has 0 aliphatic rings. The molecule has 0 saturated heterocycles. The van der Waals surface area contributed by atoms with Crippen LogP contribution in [-0.2, 0) is 4.74 Å². The Bertz CT molecular complexity index is 407. The Hall–Kier alpha value is -0.930. The number of hydrogen-bond donors (Lipinski definition) is 1. The van der Waals surface area contributed by atoms with Gasteiger partial charge in [0.05, 0.1) is 11.6 Å². The van der Waals surface area contributed by atoms with Crippen molar-refractivity contribution in [1.29, 1.82) is 0 Å². The Labute approximate surface area is 122 Å². The lowest BCUT2D eigenvalue weighted by Gasteiger charge is -2.40. The standard InChI is InChI=1S/C17H28FNO/c1-6-11-19-16(17(7-2,8-3)20-5)15-10-9-14(18)12-13(15)4/h9-10,12,16,19H,6-8,11H2,1-5H3. The second kappa shape index (κ2) is 7.75. The molecule has 0 spiro atoms. The number of nitrogens with one attached hydrogen (secondary N) is 1. The molecule has 114 valence electrons. The van der Waals surface area contributed by atoms with E-state index >= 15 is 0 Å². The summed E-state index contributed by atoms with van der Waals surface area (Å²) >= 11 is 0. The number of benzene rings is 1. The van der Waals surface area contributed by atoms with Gasteiger partial charge in [-0.25, -0.2) is 4.39 Å². The molecule has 1 N–H and O–H groups in total. The Balaban J connectivity index is 3.23. The van der Waals surface area contributed by atoms with Crippen LogP contribution in [0.3, 0.4) is 0 Å². The van der Waals surface area contributed by atoms with Gasteiger partial charge in [0.25, 0.3) is 0 Å². The molecular weight excluding hydrogens is 253 g/mol. The highest BCUT2D eigenvalue weighted by molar-refractivity contribution is 5.31. The quantitative estimate of drug-likeness (QED) is 0.763. The molecule has 0 aliphatic heterocycles. The lowest BCUT2D eigenvalue weighted by atomic mass is 9.82. The van der Waals surface area contributed by atoms with Gasteiger partial charge < -0.3 is 10.1 Å². The van der Waals surface area contributed by atoms with E-state index in [-0.39, 0.29) is 17.5 Å². The highest BCUT2D eigenvalue weighted by atomic mass is 19.1. The third-order valence-corrected chi connectivity index (χ3v) is 4.27. The third kappa shape index (κ3) is 3.58. The first-order valence-electron chi connectivity index (χ1n) is 7.59. The van der Waals surface area contributed by atoms with Crippen LogP contribution in [0, 0.1) is 12.7 Å². The van der Waals surface area contributed by atoms with Gasteiger partial charge >= 0.3 is 0 Å². The van der Waals surface area contributed by atoms with Crippen molar-refractivity contribution in [2.75, 3.05) is 13.7 Å². The largest absolute Gasteiger partial charge is 0.376 e. The fourth-order valence-corrected chi connectivity index (χ4v) is 2.90. The minimum absolute atomic E-state index is 0.0862. The SMILES string of the molecule is CCCNC(c1ccc(F)cc1C)C(CC)(CC)OC. The molecule has 0 aromatic heterocycles. The van der Waals surface area contributed by atoms with E-state index < -0.39 is 0 Å². The van der Waals surface area contributed by atoms with Crippen LogP contribution in [0.2, 0.25) is 0 Å². The molecule has 0 bridgehead atoms. The minimum Gasteiger partial charge on any atom is -0.376 e. The van der Waals surface area contributed by atoms with E-state index in [1.807, 2.05) is 13.0 Å². The zero-order chi connectivity index (χ0) is 15.2. The molecule has 1 aromatic rings. The van der Waals surface area contributed by atoms with E-state index in [0.29, 0.717) is 0 Å². The first kappa shape index (κ1) is 17.1. The topological polar surface area (TPSA) is 21.3 Å². The van der Waals surface area contributed by atoms with Crippen molar-refractivity contribution in [2.45, 2.75) is 58.6 Å². The second-order valence-electron chi connectivity index (χ2n) is 5.36. The highest BCUT2D eigenvalue weighted by Crippen LogP contribution is 2.36. The van der Waals surface area contributed by atoms with Gasteiger partial charge in [0.2, 0.25) is 0 Å². The Morgan fingerprint density at radius 2 is 1.90 bits per heavy atom. The molecule has 1 aromatic carbocycles. The Morgan fingerprint density at radius 1 is 1.25 bits per heavy atom. The first-order valence-corrected chi connectivity index (χ1v) is 7.59. The number of hydrogen-bond acceptors (Lipinski definition) is 2. The first-order chi connectivity index (χ1) is 9.54. The van der Waals surface area contributed by atoms with Crippen molar-refractivity contribution >= 4 is 0 Å². The van der Waals surface area contributed by atoms with Crippen LogP contribution >= 0.6 is 0 Å². The fraction of sp³-hybridized carbons (Fsp3) is 0.647. The molecule has 0 radical (unpaired) electrons. The summed E-state index contributed by atoms with van der Waals surface area (Å²) in [6.45, 7) is 9.32. The Kier molecular flexibility index (Phi) is 6.63. The van der Waals surface area contributed by atoms with E-state index in [2.05, 4.69) is 26.1 Å².